The molecule has 0 saturated heterocycles. The van der Waals surface area contributed by atoms with Crippen LogP contribution < -0.4 is 0 Å². The number of hydrogen-bond acceptors (Lipinski definition) is 0. The summed E-state index contributed by atoms with van der Waals surface area (Å²) in [6, 6.07) is 0. The van der Waals surface area contributed by atoms with Crippen molar-refractivity contribution in [2.45, 2.75) is 29.0 Å². The fraction of sp³-hybridized carbons (Fsp3) is 0.385. The molecule has 0 amide bonds. The van der Waals surface area contributed by atoms with Crippen molar-refractivity contribution in [3.8, 4) is 0 Å². The second kappa shape index (κ2) is 3.53. The van der Waals surface area contributed by atoms with Gasteiger partial charge in [0.1, 0.15) is 0 Å². The van der Waals surface area contributed by atoms with Crippen molar-refractivity contribution in [2.24, 2.45) is 0 Å². The SMILES string of the molecule is CC1=CC[C]([Zr]([CH3])([CH3])(=[SiH2])[C]2=CC=CC2)=C1. The van der Waals surface area contributed by atoms with Crippen molar-refractivity contribution >= 4 is 6.88 Å². The Hall–Kier alpha value is 0.0600. The summed E-state index contributed by atoms with van der Waals surface area (Å²) >= 11 is -2.66. The van der Waals surface area contributed by atoms with Crippen LogP contribution >= 0.6 is 0 Å². The number of allylic oxidation sites excluding steroid dienone is 8. The first kappa shape index (κ1) is 11.5. The van der Waals surface area contributed by atoms with Crippen LogP contribution in [0.25, 0.3) is 0 Å². The molecule has 0 bridgehead atoms. The van der Waals surface area contributed by atoms with Crippen LogP contribution in [0.3, 0.4) is 0 Å². The monoisotopic (exact) mass is 294 g/mol. The van der Waals surface area contributed by atoms with Gasteiger partial charge in [0.25, 0.3) is 0 Å². The van der Waals surface area contributed by atoms with E-state index < -0.39 is 17.4 Å². The molecule has 0 radical (unpaired) electrons. The van der Waals surface area contributed by atoms with Crippen molar-refractivity contribution in [1.29, 1.82) is 0 Å². The topological polar surface area (TPSA) is 0 Å². The molecule has 2 aliphatic rings. The van der Waals surface area contributed by atoms with Crippen LogP contribution in [0.2, 0.25) is 9.26 Å². The van der Waals surface area contributed by atoms with Crippen molar-refractivity contribution < 1.29 is 17.4 Å². The van der Waals surface area contributed by atoms with Gasteiger partial charge in [-0.2, -0.15) is 0 Å². The molecule has 0 aromatic rings. The minimum absolute atomic E-state index is 1.21. The van der Waals surface area contributed by atoms with E-state index in [0.29, 0.717) is 0 Å². The molecule has 2 aliphatic carbocycles. The van der Waals surface area contributed by atoms with E-state index in [1.807, 2.05) is 0 Å². The molecule has 0 nitrogen and oxygen atoms in total. The van der Waals surface area contributed by atoms with Crippen LogP contribution in [0.1, 0.15) is 19.8 Å². The molecule has 0 spiro atoms. The zero-order valence-corrected chi connectivity index (χ0v) is 13.9. The molecule has 0 aliphatic heterocycles. The fourth-order valence-electron chi connectivity index (χ4n) is 2.47. The normalized spacial score (nSPS) is 21.5. The standard InChI is InChI=1S/C6H7.C5H5.2CH3.H2Si.Zr/c1-6-4-2-3-5-6;1-2-4-5-3-1;;;;/h4-5H,2H2,1H3;1-3H,4H2;2*1H3;1H2;. The second-order valence-electron chi connectivity index (χ2n) is 5.83. The van der Waals surface area contributed by atoms with Gasteiger partial charge in [0.15, 0.2) is 0 Å². The van der Waals surface area contributed by atoms with Crippen LogP contribution in [0.4, 0.5) is 0 Å². The maximum atomic E-state index is 2.58. The van der Waals surface area contributed by atoms with E-state index in [0.717, 1.165) is 0 Å². The second-order valence-corrected chi connectivity index (χ2v) is 34.7. The van der Waals surface area contributed by atoms with Crippen LogP contribution in [-0.4, -0.2) is 6.88 Å². The number of hydrogen-bond donors (Lipinski definition) is 0. The van der Waals surface area contributed by atoms with Gasteiger partial charge in [-0.1, -0.05) is 0 Å². The van der Waals surface area contributed by atoms with E-state index in [1.165, 1.54) is 18.4 Å². The molecule has 15 heavy (non-hydrogen) atoms. The van der Waals surface area contributed by atoms with Gasteiger partial charge in [-0.3, -0.25) is 0 Å². The van der Waals surface area contributed by atoms with Crippen molar-refractivity contribution in [3.05, 3.63) is 42.5 Å². The predicted octanol–water partition coefficient (Wildman–Crippen LogP) is 3.40. The first-order chi connectivity index (χ1) is 6.88. The summed E-state index contributed by atoms with van der Waals surface area (Å²) < 4.78 is 8.68. The van der Waals surface area contributed by atoms with Crippen LogP contribution in [0.5, 0.6) is 0 Å². The summed E-state index contributed by atoms with van der Waals surface area (Å²) in [7, 11) is 0. The first-order valence-corrected chi connectivity index (χ1v) is 19.0. The third-order valence-electron chi connectivity index (χ3n) is 3.88. The van der Waals surface area contributed by atoms with Gasteiger partial charge >= 0.3 is 95.8 Å². The minimum atomic E-state index is -2.66. The zero-order valence-electron chi connectivity index (χ0n) is 10.0. The molecule has 0 aromatic carbocycles. The van der Waals surface area contributed by atoms with E-state index in [9.17, 15) is 0 Å². The van der Waals surface area contributed by atoms with Gasteiger partial charge in [0.05, 0.1) is 0 Å². The Labute approximate surface area is 95.3 Å². The quantitative estimate of drug-likeness (QED) is 0.685. The zero-order chi connectivity index (χ0) is 11.1. The van der Waals surface area contributed by atoms with E-state index >= 15 is 0 Å². The third-order valence-corrected chi connectivity index (χ3v) is 21.1. The van der Waals surface area contributed by atoms with Crippen LogP contribution in [-0.2, 0) is 17.4 Å². The molecule has 0 fully saturated rings. The van der Waals surface area contributed by atoms with Gasteiger partial charge in [-0.05, 0) is 0 Å². The van der Waals surface area contributed by atoms with Gasteiger partial charge in [0.2, 0.25) is 0 Å². The Morgan fingerprint density at radius 3 is 2.40 bits per heavy atom. The molecular weight excluding hydrogens is 275 g/mol. The van der Waals surface area contributed by atoms with Gasteiger partial charge in [-0.25, -0.2) is 0 Å². The summed E-state index contributed by atoms with van der Waals surface area (Å²) in [6.07, 6.45) is 14.2. The Morgan fingerprint density at radius 1 is 1.20 bits per heavy atom. The van der Waals surface area contributed by atoms with E-state index in [4.69, 9.17) is 0 Å². The fourth-order valence-corrected chi connectivity index (χ4v) is 13.5. The van der Waals surface area contributed by atoms with Crippen molar-refractivity contribution in [3.63, 3.8) is 0 Å². The summed E-state index contributed by atoms with van der Waals surface area (Å²) in [5, 5.41) is 0. The van der Waals surface area contributed by atoms with Crippen LogP contribution in [0.15, 0.2) is 42.5 Å². The molecule has 0 heterocycles. The molecule has 2 rings (SSSR count). The average Bonchev–Trinajstić information content (AvgIpc) is 2.71. The third kappa shape index (κ3) is 1.99. The van der Waals surface area contributed by atoms with Crippen molar-refractivity contribution in [1.82, 2.24) is 0 Å². The molecule has 80 valence electrons. The molecule has 0 N–H and O–H groups in total. The van der Waals surface area contributed by atoms with Gasteiger partial charge in [0, 0.05) is 0 Å². The summed E-state index contributed by atoms with van der Waals surface area (Å²) in [4.78, 5) is 0. The molecule has 0 atom stereocenters. The Bertz CT molecular complexity index is 481. The summed E-state index contributed by atoms with van der Waals surface area (Å²) in [5.41, 5.74) is 1.47. The Morgan fingerprint density at radius 2 is 1.93 bits per heavy atom. The van der Waals surface area contributed by atoms with Crippen LogP contribution in [0, 0.1) is 0 Å². The molecular formula is C13H20SiZr. The van der Waals surface area contributed by atoms with Gasteiger partial charge < -0.3 is 0 Å². The van der Waals surface area contributed by atoms with E-state index in [2.05, 4.69) is 53.4 Å². The van der Waals surface area contributed by atoms with E-state index in [-0.39, 0.29) is 0 Å². The Balaban J connectivity index is 2.42. The number of rotatable bonds is 2. The Kier molecular flexibility index (Phi) is 2.72. The average molecular weight is 296 g/mol. The molecule has 2 heteroatoms. The van der Waals surface area contributed by atoms with Gasteiger partial charge in [-0.15, -0.1) is 0 Å². The first-order valence-electron chi connectivity index (χ1n) is 5.70. The maximum absolute atomic E-state index is 2.66. The van der Waals surface area contributed by atoms with E-state index in [1.54, 1.807) is 6.56 Å². The van der Waals surface area contributed by atoms with Crippen molar-refractivity contribution in [2.75, 3.05) is 0 Å². The molecule has 0 aromatic heterocycles. The summed E-state index contributed by atoms with van der Waals surface area (Å²) in [6.45, 7) is 4.56. The summed E-state index contributed by atoms with van der Waals surface area (Å²) in [5.74, 6) is 0. The molecule has 0 saturated carbocycles. The predicted molar refractivity (Wildman–Crippen MR) is 68.6 cm³/mol. The molecule has 0 unspecified atom stereocenters.